The Kier molecular flexibility index (Phi) is 5.90. The Bertz CT molecular complexity index is 529. The Morgan fingerprint density at radius 1 is 1.35 bits per heavy atom. The normalized spacial score (nSPS) is 17.7. The van der Waals surface area contributed by atoms with Crippen molar-refractivity contribution >= 4 is 0 Å². The number of benzene rings is 1. The largest absolute Gasteiger partial charge is 0.573 e. The third-order valence-corrected chi connectivity index (χ3v) is 3.85. The number of alkyl halides is 3. The second-order valence-corrected chi connectivity index (χ2v) is 5.41. The predicted molar refractivity (Wildman–Crippen MR) is 81.4 cm³/mol. The summed E-state index contributed by atoms with van der Waals surface area (Å²) in [5.41, 5.74) is 0.454. The second-order valence-electron chi connectivity index (χ2n) is 5.41. The molecule has 0 bridgehead atoms. The number of phenolic OH excluding ortho intramolecular Hbond substituents is 1. The molecule has 23 heavy (non-hydrogen) atoms. The van der Waals surface area contributed by atoms with E-state index in [1.807, 2.05) is 0 Å². The molecule has 1 fully saturated rings. The lowest BCUT2D eigenvalue weighted by Gasteiger charge is -2.35. The summed E-state index contributed by atoms with van der Waals surface area (Å²) >= 11 is 0. The van der Waals surface area contributed by atoms with E-state index in [-0.39, 0.29) is 6.04 Å². The van der Waals surface area contributed by atoms with Crippen LogP contribution >= 0.6 is 0 Å². The van der Waals surface area contributed by atoms with Crippen LogP contribution < -0.4 is 10.1 Å². The SMILES string of the molecule is C=CCC[C@H](c1cccc(OC(F)(F)F)c1O)N1CCNCC1. The molecule has 1 atom stereocenters. The van der Waals surface area contributed by atoms with E-state index in [4.69, 9.17) is 0 Å². The molecule has 1 aliphatic rings. The van der Waals surface area contributed by atoms with E-state index in [9.17, 15) is 18.3 Å². The molecule has 0 aromatic heterocycles. The van der Waals surface area contributed by atoms with Crippen molar-refractivity contribution in [3.63, 3.8) is 0 Å². The molecule has 1 aromatic carbocycles. The Morgan fingerprint density at radius 3 is 2.65 bits per heavy atom. The molecule has 1 aromatic rings. The molecule has 0 saturated carbocycles. The van der Waals surface area contributed by atoms with Gasteiger partial charge in [0.2, 0.25) is 0 Å². The quantitative estimate of drug-likeness (QED) is 0.786. The van der Waals surface area contributed by atoms with Gasteiger partial charge in [0.25, 0.3) is 0 Å². The van der Waals surface area contributed by atoms with E-state index in [0.717, 1.165) is 32.2 Å². The highest BCUT2D eigenvalue weighted by molar-refractivity contribution is 5.47. The number of phenols is 1. The first-order chi connectivity index (χ1) is 10.9. The van der Waals surface area contributed by atoms with E-state index in [2.05, 4.69) is 21.5 Å². The first-order valence-electron chi connectivity index (χ1n) is 7.55. The van der Waals surface area contributed by atoms with Crippen molar-refractivity contribution in [1.29, 1.82) is 0 Å². The summed E-state index contributed by atoms with van der Waals surface area (Å²) in [6.07, 6.45) is -1.69. The van der Waals surface area contributed by atoms with Crippen LogP contribution in [0.1, 0.15) is 24.4 Å². The standard InChI is InChI=1S/C16H21F3N2O2/c1-2-3-6-13(21-10-8-20-9-11-21)12-5-4-7-14(15(12)22)23-16(17,18)19/h2,4-5,7,13,20,22H,1,3,6,8-11H2/t13-/m1/s1. The zero-order valence-corrected chi connectivity index (χ0v) is 12.8. The molecule has 0 radical (unpaired) electrons. The van der Waals surface area contributed by atoms with Crippen LogP contribution in [0.3, 0.4) is 0 Å². The number of piperazine rings is 1. The number of hydrogen-bond acceptors (Lipinski definition) is 4. The van der Waals surface area contributed by atoms with Gasteiger partial charge in [-0.1, -0.05) is 18.2 Å². The predicted octanol–water partition coefficient (Wildman–Crippen LogP) is 3.20. The monoisotopic (exact) mass is 330 g/mol. The topological polar surface area (TPSA) is 44.7 Å². The highest BCUT2D eigenvalue weighted by atomic mass is 19.4. The van der Waals surface area contributed by atoms with Crippen LogP contribution in [0.25, 0.3) is 0 Å². The van der Waals surface area contributed by atoms with E-state index in [1.54, 1.807) is 12.1 Å². The van der Waals surface area contributed by atoms with Gasteiger partial charge in [-0.2, -0.15) is 0 Å². The second kappa shape index (κ2) is 7.70. The van der Waals surface area contributed by atoms with Gasteiger partial charge in [-0.05, 0) is 18.9 Å². The summed E-state index contributed by atoms with van der Waals surface area (Å²) in [7, 11) is 0. The number of hydrogen-bond donors (Lipinski definition) is 2. The van der Waals surface area contributed by atoms with E-state index >= 15 is 0 Å². The maximum atomic E-state index is 12.4. The minimum atomic E-state index is -4.83. The van der Waals surface area contributed by atoms with Crippen molar-refractivity contribution in [3.8, 4) is 11.5 Å². The average Bonchev–Trinajstić information content (AvgIpc) is 2.51. The molecule has 0 amide bonds. The van der Waals surface area contributed by atoms with Crippen molar-refractivity contribution in [1.82, 2.24) is 10.2 Å². The molecule has 4 nitrogen and oxygen atoms in total. The molecular weight excluding hydrogens is 309 g/mol. The van der Waals surface area contributed by atoms with Crippen LogP contribution in [-0.4, -0.2) is 42.5 Å². The minimum absolute atomic E-state index is 0.174. The highest BCUT2D eigenvalue weighted by Crippen LogP contribution is 2.40. The molecule has 1 heterocycles. The maximum absolute atomic E-state index is 12.4. The lowest BCUT2D eigenvalue weighted by molar-refractivity contribution is -0.275. The first kappa shape index (κ1) is 17.6. The van der Waals surface area contributed by atoms with Crippen molar-refractivity contribution in [2.24, 2.45) is 0 Å². The van der Waals surface area contributed by atoms with Crippen LogP contribution in [-0.2, 0) is 0 Å². The highest BCUT2D eigenvalue weighted by Gasteiger charge is 2.33. The Balaban J connectivity index is 2.29. The van der Waals surface area contributed by atoms with Crippen LogP contribution in [0.5, 0.6) is 11.5 Å². The molecule has 128 valence electrons. The van der Waals surface area contributed by atoms with Crippen LogP contribution in [0.15, 0.2) is 30.9 Å². The number of aromatic hydroxyl groups is 1. The number of ether oxygens (including phenoxy) is 1. The van der Waals surface area contributed by atoms with E-state index < -0.39 is 17.9 Å². The number of para-hydroxylation sites is 1. The van der Waals surface area contributed by atoms with Crippen molar-refractivity contribution in [2.45, 2.75) is 25.2 Å². The molecule has 1 aliphatic heterocycles. The summed E-state index contributed by atoms with van der Waals surface area (Å²) < 4.78 is 41.3. The Hall–Kier alpha value is -1.73. The summed E-state index contributed by atoms with van der Waals surface area (Å²) in [4.78, 5) is 2.16. The zero-order chi connectivity index (χ0) is 16.9. The number of allylic oxidation sites excluding steroid dienone is 1. The molecule has 0 spiro atoms. The molecule has 2 N–H and O–H groups in total. The summed E-state index contributed by atoms with van der Waals surface area (Å²) in [6, 6.07) is 4.06. The number of halogens is 3. The smallest absolute Gasteiger partial charge is 0.504 e. The van der Waals surface area contributed by atoms with Gasteiger partial charge in [-0.25, -0.2) is 0 Å². The molecule has 0 aliphatic carbocycles. The van der Waals surface area contributed by atoms with Crippen LogP contribution in [0.2, 0.25) is 0 Å². The number of rotatable bonds is 6. The number of nitrogens with zero attached hydrogens (tertiary/aromatic N) is 1. The summed E-state index contributed by atoms with van der Waals surface area (Å²) in [5.74, 6) is -1.01. The van der Waals surface area contributed by atoms with Crippen molar-refractivity contribution in [3.05, 3.63) is 36.4 Å². The van der Waals surface area contributed by atoms with Crippen LogP contribution in [0.4, 0.5) is 13.2 Å². The van der Waals surface area contributed by atoms with Crippen molar-refractivity contribution in [2.75, 3.05) is 26.2 Å². The van der Waals surface area contributed by atoms with Gasteiger partial charge in [-0.15, -0.1) is 19.8 Å². The van der Waals surface area contributed by atoms with Gasteiger partial charge >= 0.3 is 6.36 Å². The molecule has 0 unspecified atom stereocenters. The van der Waals surface area contributed by atoms with Gasteiger partial charge in [0, 0.05) is 37.8 Å². The lowest BCUT2D eigenvalue weighted by atomic mass is 9.98. The maximum Gasteiger partial charge on any atom is 0.573 e. The lowest BCUT2D eigenvalue weighted by Crippen LogP contribution is -2.45. The third-order valence-electron chi connectivity index (χ3n) is 3.85. The molecular formula is C16H21F3N2O2. The van der Waals surface area contributed by atoms with E-state index in [1.165, 1.54) is 6.07 Å². The summed E-state index contributed by atoms with van der Waals surface area (Å²) in [6.45, 7) is 6.85. The van der Waals surface area contributed by atoms with Gasteiger partial charge in [0.15, 0.2) is 11.5 Å². The fourth-order valence-electron chi connectivity index (χ4n) is 2.82. The van der Waals surface area contributed by atoms with Crippen molar-refractivity contribution < 1.29 is 23.0 Å². The van der Waals surface area contributed by atoms with Gasteiger partial charge in [-0.3, -0.25) is 4.90 Å². The fourth-order valence-corrected chi connectivity index (χ4v) is 2.82. The zero-order valence-electron chi connectivity index (χ0n) is 12.8. The first-order valence-corrected chi connectivity index (χ1v) is 7.55. The van der Waals surface area contributed by atoms with E-state index in [0.29, 0.717) is 18.4 Å². The molecule has 7 heteroatoms. The minimum Gasteiger partial charge on any atom is -0.504 e. The summed E-state index contributed by atoms with van der Waals surface area (Å²) in [5, 5.41) is 13.5. The van der Waals surface area contributed by atoms with Crippen LogP contribution in [0, 0.1) is 0 Å². The molecule has 2 rings (SSSR count). The third kappa shape index (κ3) is 4.87. The fraction of sp³-hybridized carbons (Fsp3) is 0.500. The van der Waals surface area contributed by atoms with Gasteiger partial charge < -0.3 is 15.2 Å². The number of nitrogens with one attached hydrogen (secondary N) is 1. The molecule has 1 saturated heterocycles. The van der Waals surface area contributed by atoms with Gasteiger partial charge in [0.1, 0.15) is 0 Å². The van der Waals surface area contributed by atoms with Gasteiger partial charge in [0.05, 0.1) is 0 Å². The average molecular weight is 330 g/mol. The Labute approximate surface area is 133 Å². The Morgan fingerprint density at radius 2 is 2.04 bits per heavy atom.